The smallest absolute Gasteiger partial charge is 0.260 e. The quantitative estimate of drug-likeness (QED) is 0.871. The molecule has 0 aromatic carbocycles. The maximum absolute atomic E-state index is 12.4. The average molecular weight is 351 g/mol. The average Bonchev–Trinajstić information content (AvgIpc) is 3.12. The number of hydrogen-bond donors (Lipinski definition) is 1. The number of nitrogens with zero attached hydrogens (tertiary/aromatic N) is 4. The van der Waals surface area contributed by atoms with Gasteiger partial charge in [-0.3, -0.25) is 0 Å². The molecule has 2 aromatic rings. The molecule has 1 N–H and O–H groups in total. The van der Waals surface area contributed by atoms with Crippen LogP contribution in [0.2, 0.25) is 0 Å². The van der Waals surface area contributed by atoms with Gasteiger partial charge in [0, 0.05) is 24.3 Å². The van der Waals surface area contributed by atoms with Crippen LogP contribution in [0.3, 0.4) is 0 Å². The Morgan fingerprint density at radius 3 is 2.71 bits per heavy atom. The van der Waals surface area contributed by atoms with E-state index in [2.05, 4.69) is 19.9 Å². The van der Waals surface area contributed by atoms with Gasteiger partial charge in [0.2, 0.25) is 5.88 Å². The molecule has 130 valence electrons. The van der Waals surface area contributed by atoms with Crippen LogP contribution >= 0.6 is 0 Å². The highest BCUT2D eigenvalue weighted by atomic mass is 32.2. The second-order valence-electron chi connectivity index (χ2n) is 5.96. The Kier molecular flexibility index (Phi) is 4.81. The number of hydrogen-bond acceptors (Lipinski definition) is 6. The van der Waals surface area contributed by atoms with Gasteiger partial charge in [-0.2, -0.15) is 4.31 Å². The first-order valence-corrected chi connectivity index (χ1v) is 9.32. The van der Waals surface area contributed by atoms with E-state index in [0.29, 0.717) is 31.5 Å². The third kappa shape index (κ3) is 3.41. The molecule has 3 heterocycles. The van der Waals surface area contributed by atoms with Crippen molar-refractivity contribution in [1.29, 1.82) is 0 Å². The highest BCUT2D eigenvalue weighted by Crippen LogP contribution is 2.24. The summed E-state index contributed by atoms with van der Waals surface area (Å²) in [5, 5.41) is 0.143. The molecule has 1 fully saturated rings. The number of aryl methyl sites for hydroxylation is 1. The molecule has 1 aliphatic heterocycles. The van der Waals surface area contributed by atoms with E-state index in [0.717, 1.165) is 24.1 Å². The second kappa shape index (κ2) is 6.86. The number of imidazole rings is 1. The molecular weight excluding hydrogens is 330 g/mol. The number of rotatable bonds is 5. The SMILES string of the molecule is Cc1ncnc(OCC2CCN(S(=O)(=O)c3cnc[nH]3)CC2)c1C. The molecular formula is C15H21N5O3S. The zero-order valence-electron chi connectivity index (χ0n) is 13.8. The molecule has 9 heteroatoms. The fraction of sp³-hybridized carbons (Fsp3) is 0.533. The molecule has 0 amide bonds. The van der Waals surface area contributed by atoms with Crippen molar-refractivity contribution in [2.75, 3.05) is 19.7 Å². The second-order valence-corrected chi connectivity index (χ2v) is 7.87. The van der Waals surface area contributed by atoms with E-state index in [1.807, 2.05) is 13.8 Å². The minimum absolute atomic E-state index is 0.143. The number of ether oxygens (including phenoxy) is 1. The number of piperidine rings is 1. The Balaban J connectivity index is 1.55. The summed E-state index contributed by atoms with van der Waals surface area (Å²) < 4.78 is 32.2. The number of nitrogens with one attached hydrogen (secondary N) is 1. The molecule has 2 aromatic heterocycles. The zero-order chi connectivity index (χ0) is 17.2. The Morgan fingerprint density at radius 1 is 1.29 bits per heavy atom. The number of aromatic nitrogens is 4. The van der Waals surface area contributed by atoms with Crippen LogP contribution in [0.15, 0.2) is 23.9 Å². The van der Waals surface area contributed by atoms with Crippen LogP contribution in [0, 0.1) is 19.8 Å². The third-order valence-electron chi connectivity index (χ3n) is 4.41. The number of H-pyrrole nitrogens is 1. The topological polar surface area (TPSA) is 101 Å². The summed E-state index contributed by atoms with van der Waals surface area (Å²) in [5.74, 6) is 0.919. The van der Waals surface area contributed by atoms with Crippen LogP contribution in [0.4, 0.5) is 0 Å². The number of sulfonamides is 1. The first kappa shape index (κ1) is 16.8. The lowest BCUT2D eigenvalue weighted by molar-refractivity contribution is 0.180. The van der Waals surface area contributed by atoms with E-state index in [4.69, 9.17) is 4.74 Å². The van der Waals surface area contributed by atoms with Gasteiger partial charge >= 0.3 is 0 Å². The van der Waals surface area contributed by atoms with Gasteiger partial charge in [0.15, 0.2) is 5.03 Å². The molecule has 0 radical (unpaired) electrons. The molecule has 1 aliphatic rings. The molecule has 24 heavy (non-hydrogen) atoms. The third-order valence-corrected chi connectivity index (χ3v) is 6.23. The summed E-state index contributed by atoms with van der Waals surface area (Å²) in [6.45, 7) is 5.36. The van der Waals surface area contributed by atoms with E-state index in [9.17, 15) is 8.42 Å². The lowest BCUT2D eigenvalue weighted by atomic mass is 9.99. The van der Waals surface area contributed by atoms with Crippen molar-refractivity contribution in [3.63, 3.8) is 0 Å². The summed E-state index contributed by atoms with van der Waals surface area (Å²) >= 11 is 0. The zero-order valence-corrected chi connectivity index (χ0v) is 14.6. The maximum Gasteiger partial charge on any atom is 0.260 e. The van der Waals surface area contributed by atoms with Gasteiger partial charge in [0.05, 0.1) is 19.1 Å². The van der Waals surface area contributed by atoms with Crippen molar-refractivity contribution in [2.24, 2.45) is 5.92 Å². The van der Waals surface area contributed by atoms with Gasteiger partial charge in [-0.1, -0.05) is 0 Å². The highest BCUT2D eigenvalue weighted by Gasteiger charge is 2.30. The van der Waals surface area contributed by atoms with Gasteiger partial charge in [-0.25, -0.2) is 23.4 Å². The molecule has 0 unspecified atom stereocenters. The van der Waals surface area contributed by atoms with Crippen molar-refractivity contribution in [2.45, 2.75) is 31.7 Å². The van der Waals surface area contributed by atoms with E-state index in [1.165, 1.54) is 23.2 Å². The predicted octanol–water partition coefficient (Wildman–Crippen LogP) is 1.30. The summed E-state index contributed by atoms with van der Waals surface area (Å²) in [6.07, 6.45) is 5.73. The Hall–Kier alpha value is -2.00. The lowest BCUT2D eigenvalue weighted by Gasteiger charge is -2.30. The fourth-order valence-electron chi connectivity index (χ4n) is 2.70. The van der Waals surface area contributed by atoms with Gasteiger partial charge in [-0.05, 0) is 32.6 Å². The van der Waals surface area contributed by atoms with Crippen LogP contribution in [0.5, 0.6) is 5.88 Å². The monoisotopic (exact) mass is 351 g/mol. The molecule has 0 aliphatic carbocycles. The maximum atomic E-state index is 12.4. The van der Waals surface area contributed by atoms with Crippen LogP contribution in [-0.2, 0) is 10.0 Å². The van der Waals surface area contributed by atoms with E-state index in [-0.39, 0.29) is 5.03 Å². The van der Waals surface area contributed by atoms with Gasteiger partial charge < -0.3 is 9.72 Å². The number of aromatic amines is 1. The summed E-state index contributed by atoms with van der Waals surface area (Å²) in [6, 6.07) is 0. The van der Waals surface area contributed by atoms with Crippen LogP contribution in [0.1, 0.15) is 24.1 Å². The predicted molar refractivity (Wildman–Crippen MR) is 87.1 cm³/mol. The molecule has 0 bridgehead atoms. The normalized spacial score (nSPS) is 17.1. The molecule has 0 atom stereocenters. The summed E-state index contributed by atoms with van der Waals surface area (Å²) in [5.41, 5.74) is 1.84. The largest absolute Gasteiger partial charge is 0.477 e. The summed E-state index contributed by atoms with van der Waals surface area (Å²) in [4.78, 5) is 14.7. The van der Waals surface area contributed by atoms with E-state index >= 15 is 0 Å². The summed E-state index contributed by atoms with van der Waals surface area (Å²) in [7, 11) is -3.47. The molecule has 0 spiro atoms. The van der Waals surface area contributed by atoms with Crippen molar-refractivity contribution in [3.8, 4) is 5.88 Å². The van der Waals surface area contributed by atoms with Crippen LogP contribution in [-0.4, -0.2) is 52.4 Å². The molecule has 1 saturated heterocycles. The first-order valence-electron chi connectivity index (χ1n) is 7.88. The van der Waals surface area contributed by atoms with Crippen molar-refractivity contribution in [3.05, 3.63) is 30.1 Å². The van der Waals surface area contributed by atoms with Crippen LogP contribution in [0.25, 0.3) is 0 Å². The molecule has 8 nitrogen and oxygen atoms in total. The Bertz CT molecular complexity index is 783. The minimum atomic E-state index is -3.47. The van der Waals surface area contributed by atoms with E-state index < -0.39 is 10.0 Å². The highest BCUT2D eigenvalue weighted by molar-refractivity contribution is 7.89. The van der Waals surface area contributed by atoms with Gasteiger partial charge in [0.1, 0.15) is 6.33 Å². The van der Waals surface area contributed by atoms with Crippen molar-refractivity contribution in [1.82, 2.24) is 24.2 Å². The van der Waals surface area contributed by atoms with Crippen molar-refractivity contribution >= 4 is 10.0 Å². The van der Waals surface area contributed by atoms with E-state index in [1.54, 1.807) is 0 Å². The van der Waals surface area contributed by atoms with Gasteiger partial charge in [0.25, 0.3) is 10.0 Å². The van der Waals surface area contributed by atoms with Crippen molar-refractivity contribution < 1.29 is 13.2 Å². The first-order chi connectivity index (χ1) is 11.5. The standard InChI is InChI=1S/C15H21N5O3S/c1-11-12(2)17-10-19-15(11)23-8-13-3-5-20(6-4-13)24(21,22)14-7-16-9-18-14/h7,9-10,13H,3-6,8H2,1-2H3,(H,16,18). The molecule has 3 rings (SSSR count). The lowest BCUT2D eigenvalue weighted by Crippen LogP contribution is -2.39. The van der Waals surface area contributed by atoms with Gasteiger partial charge in [-0.15, -0.1) is 0 Å². The Morgan fingerprint density at radius 2 is 2.04 bits per heavy atom. The Labute approximate surface area is 141 Å². The van der Waals surface area contributed by atoms with Crippen LogP contribution < -0.4 is 4.74 Å². The fourth-order valence-corrected chi connectivity index (χ4v) is 4.06. The minimum Gasteiger partial charge on any atom is -0.477 e. The molecule has 0 saturated carbocycles.